The highest BCUT2D eigenvalue weighted by Crippen LogP contribution is 2.32. The zero-order chi connectivity index (χ0) is 19.0. The topological polar surface area (TPSA) is 66.8 Å². The predicted octanol–water partition coefficient (Wildman–Crippen LogP) is 3.96. The van der Waals surface area contributed by atoms with Crippen LogP contribution in [0, 0.1) is 5.92 Å². The van der Waals surface area contributed by atoms with Crippen LogP contribution in [0.5, 0.6) is 0 Å². The number of aliphatic hydroxyl groups excluding tert-OH is 2. The molecule has 4 nitrogen and oxygen atoms in total. The summed E-state index contributed by atoms with van der Waals surface area (Å²) in [5.41, 5.74) is 2.85. The summed E-state index contributed by atoms with van der Waals surface area (Å²) >= 11 is 0. The van der Waals surface area contributed by atoms with Crippen molar-refractivity contribution in [2.75, 3.05) is 13.2 Å². The Kier molecular flexibility index (Phi) is 9.04. The fourth-order valence-electron chi connectivity index (χ4n) is 3.11. The van der Waals surface area contributed by atoms with E-state index in [4.69, 9.17) is 9.84 Å². The number of Topliss-reactive ketones (excluding diaryl/α,β-unsaturated/α-hetero) is 1. The van der Waals surface area contributed by atoms with Crippen LogP contribution in [0.15, 0.2) is 22.8 Å². The van der Waals surface area contributed by atoms with E-state index in [0.29, 0.717) is 25.2 Å². The normalized spacial score (nSPS) is 27.0. The number of rotatable bonds is 8. The van der Waals surface area contributed by atoms with Gasteiger partial charge in [-0.15, -0.1) is 0 Å². The number of ether oxygens (including phenoxy) is 1. The molecule has 1 rings (SSSR count). The van der Waals surface area contributed by atoms with Crippen LogP contribution in [0.4, 0.5) is 0 Å². The maximum atomic E-state index is 12.3. The molecule has 3 atom stereocenters. The molecule has 1 aliphatic rings. The summed E-state index contributed by atoms with van der Waals surface area (Å²) in [7, 11) is 0. The van der Waals surface area contributed by atoms with E-state index in [-0.39, 0.29) is 12.5 Å². The van der Waals surface area contributed by atoms with Gasteiger partial charge in [0.1, 0.15) is 5.78 Å². The lowest BCUT2D eigenvalue weighted by molar-refractivity contribution is -0.122. The van der Waals surface area contributed by atoms with Crippen LogP contribution in [0.1, 0.15) is 73.1 Å². The van der Waals surface area contributed by atoms with Crippen LogP contribution in [0.25, 0.3) is 0 Å². The van der Waals surface area contributed by atoms with E-state index < -0.39 is 11.7 Å². The van der Waals surface area contributed by atoms with Gasteiger partial charge in [0.15, 0.2) is 0 Å². The molecule has 2 unspecified atom stereocenters. The van der Waals surface area contributed by atoms with Gasteiger partial charge in [0.2, 0.25) is 0 Å². The predicted molar refractivity (Wildman–Crippen MR) is 101 cm³/mol. The molecular formula is C21H36O4. The molecule has 144 valence electrons. The van der Waals surface area contributed by atoms with E-state index in [1.807, 2.05) is 34.6 Å². The second-order valence-corrected chi connectivity index (χ2v) is 7.92. The SMILES string of the molecule is CC(C)=C(C)CC(=O)C(C)CCCC1(C)OC/C(=C/CO)CC[C@H]1O. The molecule has 0 amide bonds. The summed E-state index contributed by atoms with van der Waals surface area (Å²) in [6.45, 7) is 10.5. The molecule has 0 radical (unpaired) electrons. The van der Waals surface area contributed by atoms with Crippen molar-refractivity contribution in [1.82, 2.24) is 0 Å². The Bertz CT molecular complexity index is 502. The van der Waals surface area contributed by atoms with Crippen molar-refractivity contribution in [3.05, 3.63) is 22.8 Å². The third kappa shape index (κ3) is 7.04. The summed E-state index contributed by atoms with van der Waals surface area (Å²) in [6, 6.07) is 0. The first-order valence-corrected chi connectivity index (χ1v) is 9.46. The monoisotopic (exact) mass is 352 g/mol. The average Bonchev–Trinajstić information content (AvgIpc) is 2.69. The summed E-state index contributed by atoms with van der Waals surface area (Å²) in [4.78, 5) is 12.3. The first-order valence-electron chi connectivity index (χ1n) is 9.46. The van der Waals surface area contributed by atoms with Gasteiger partial charge in [-0.25, -0.2) is 0 Å². The van der Waals surface area contributed by atoms with Crippen LogP contribution in [-0.4, -0.2) is 40.9 Å². The molecule has 2 N–H and O–H groups in total. The molecular weight excluding hydrogens is 316 g/mol. The molecule has 1 heterocycles. The Morgan fingerprint density at radius 2 is 2.08 bits per heavy atom. The summed E-state index contributed by atoms with van der Waals surface area (Å²) in [5, 5.41) is 19.5. The van der Waals surface area contributed by atoms with Crippen molar-refractivity contribution in [3.63, 3.8) is 0 Å². The van der Waals surface area contributed by atoms with E-state index in [1.165, 1.54) is 5.57 Å². The molecule has 1 fully saturated rings. The Hall–Kier alpha value is -0.970. The van der Waals surface area contributed by atoms with E-state index in [0.717, 1.165) is 36.8 Å². The van der Waals surface area contributed by atoms with Gasteiger partial charge in [-0.3, -0.25) is 4.79 Å². The minimum atomic E-state index is -0.580. The molecule has 0 aliphatic carbocycles. The van der Waals surface area contributed by atoms with Gasteiger partial charge in [0.25, 0.3) is 0 Å². The van der Waals surface area contributed by atoms with Crippen LogP contribution in [0.3, 0.4) is 0 Å². The molecule has 4 heteroatoms. The first kappa shape index (κ1) is 22.1. The van der Waals surface area contributed by atoms with Crippen molar-refractivity contribution in [2.24, 2.45) is 5.92 Å². The molecule has 0 saturated carbocycles. The Labute approximate surface area is 153 Å². The summed E-state index contributed by atoms with van der Waals surface area (Å²) < 4.78 is 5.98. The fraction of sp³-hybridized carbons (Fsp3) is 0.762. The van der Waals surface area contributed by atoms with Crippen molar-refractivity contribution >= 4 is 5.78 Å². The highest BCUT2D eigenvalue weighted by molar-refractivity contribution is 5.82. The average molecular weight is 353 g/mol. The van der Waals surface area contributed by atoms with Crippen LogP contribution in [0.2, 0.25) is 0 Å². The highest BCUT2D eigenvalue weighted by atomic mass is 16.5. The zero-order valence-corrected chi connectivity index (χ0v) is 16.6. The lowest BCUT2D eigenvalue weighted by Crippen LogP contribution is -2.41. The summed E-state index contributed by atoms with van der Waals surface area (Å²) in [5.74, 6) is 0.324. The third-order valence-corrected chi connectivity index (χ3v) is 5.56. The second kappa shape index (κ2) is 10.2. The van der Waals surface area contributed by atoms with Crippen molar-refractivity contribution in [3.8, 4) is 0 Å². The quantitative estimate of drug-likeness (QED) is 0.649. The highest BCUT2D eigenvalue weighted by Gasteiger charge is 2.36. The number of hydrogen-bond donors (Lipinski definition) is 2. The number of allylic oxidation sites excluding steroid dienone is 2. The smallest absolute Gasteiger partial charge is 0.139 e. The number of carbonyl (C=O) groups is 1. The minimum absolute atomic E-state index is 0.0101. The Morgan fingerprint density at radius 3 is 2.68 bits per heavy atom. The van der Waals surface area contributed by atoms with Gasteiger partial charge in [0, 0.05) is 12.3 Å². The van der Waals surface area contributed by atoms with Crippen LogP contribution < -0.4 is 0 Å². The number of aliphatic hydroxyl groups is 2. The third-order valence-electron chi connectivity index (χ3n) is 5.56. The van der Waals surface area contributed by atoms with Crippen LogP contribution in [-0.2, 0) is 9.53 Å². The van der Waals surface area contributed by atoms with Gasteiger partial charge in [-0.05, 0) is 65.4 Å². The maximum absolute atomic E-state index is 12.3. The molecule has 25 heavy (non-hydrogen) atoms. The maximum Gasteiger partial charge on any atom is 0.139 e. The summed E-state index contributed by atoms with van der Waals surface area (Å²) in [6.07, 6.45) is 5.61. The fourth-order valence-corrected chi connectivity index (χ4v) is 3.11. The van der Waals surface area contributed by atoms with Crippen molar-refractivity contribution < 1.29 is 19.7 Å². The van der Waals surface area contributed by atoms with E-state index >= 15 is 0 Å². The molecule has 0 bridgehead atoms. The second-order valence-electron chi connectivity index (χ2n) is 7.92. The molecule has 0 spiro atoms. The van der Waals surface area contributed by atoms with E-state index in [2.05, 4.69) is 0 Å². The molecule has 0 aromatic carbocycles. The van der Waals surface area contributed by atoms with Crippen molar-refractivity contribution in [2.45, 2.75) is 84.8 Å². The number of ketones is 1. The molecule has 1 aliphatic heterocycles. The largest absolute Gasteiger partial charge is 0.392 e. The van der Waals surface area contributed by atoms with Crippen molar-refractivity contribution in [1.29, 1.82) is 0 Å². The number of hydrogen-bond acceptors (Lipinski definition) is 4. The minimum Gasteiger partial charge on any atom is -0.392 e. The van der Waals surface area contributed by atoms with Gasteiger partial charge in [0.05, 0.1) is 24.9 Å². The Balaban J connectivity index is 2.51. The lowest BCUT2D eigenvalue weighted by Gasteiger charge is -2.33. The number of carbonyl (C=O) groups excluding carboxylic acids is 1. The standard InChI is InChI=1S/C21H36O4/c1-15(2)17(4)13-19(23)16(3)7-6-11-21(5)20(24)9-8-18(10-12-22)14-25-21/h10,16,20,22,24H,6-9,11-14H2,1-5H3/b18-10+/t16?,20-,21?/m1/s1. The van der Waals surface area contributed by atoms with Gasteiger partial charge >= 0.3 is 0 Å². The molecule has 1 saturated heterocycles. The molecule has 0 aromatic heterocycles. The Morgan fingerprint density at radius 1 is 1.40 bits per heavy atom. The van der Waals surface area contributed by atoms with Crippen LogP contribution >= 0.6 is 0 Å². The van der Waals surface area contributed by atoms with Gasteiger partial charge in [-0.1, -0.05) is 24.1 Å². The lowest BCUT2D eigenvalue weighted by atomic mass is 9.87. The van der Waals surface area contributed by atoms with E-state index in [1.54, 1.807) is 6.08 Å². The van der Waals surface area contributed by atoms with Gasteiger partial charge < -0.3 is 14.9 Å². The van der Waals surface area contributed by atoms with Gasteiger partial charge in [-0.2, -0.15) is 0 Å². The first-order chi connectivity index (χ1) is 11.7. The zero-order valence-electron chi connectivity index (χ0n) is 16.6. The molecule has 0 aromatic rings. The van der Waals surface area contributed by atoms with E-state index in [9.17, 15) is 9.90 Å².